The summed E-state index contributed by atoms with van der Waals surface area (Å²) in [7, 11) is 1.60. The molecule has 2 N–H and O–H groups in total. The molecule has 0 bridgehead atoms. The van der Waals surface area contributed by atoms with Gasteiger partial charge in [-0.1, -0.05) is 25.0 Å². The monoisotopic (exact) mass is 524 g/mol. The van der Waals surface area contributed by atoms with E-state index in [4.69, 9.17) is 9.15 Å². The van der Waals surface area contributed by atoms with Crippen LogP contribution in [0.3, 0.4) is 0 Å². The highest BCUT2D eigenvalue weighted by Crippen LogP contribution is 2.34. The van der Waals surface area contributed by atoms with E-state index in [1.54, 1.807) is 30.4 Å². The van der Waals surface area contributed by atoms with Crippen LogP contribution in [-0.2, 0) is 27.5 Å². The van der Waals surface area contributed by atoms with Gasteiger partial charge in [0.05, 0.1) is 25.8 Å². The number of methoxy groups -OCH3 is 1. The molecule has 10 heteroatoms. The zero-order valence-corrected chi connectivity index (χ0v) is 21.8. The van der Waals surface area contributed by atoms with E-state index in [-0.39, 0.29) is 42.8 Å². The molecule has 204 valence electrons. The molecule has 0 radical (unpaired) electrons. The quantitative estimate of drug-likeness (QED) is 0.411. The van der Waals surface area contributed by atoms with E-state index in [1.807, 2.05) is 24.3 Å². The molecule has 5 amide bonds. The highest BCUT2D eigenvalue weighted by atomic mass is 16.5. The second-order valence-corrected chi connectivity index (χ2v) is 9.80. The summed E-state index contributed by atoms with van der Waals surface area (Å²) in [5, 5.41) is 5.68. The fourth-order valence-electron chi connectivity index (χ4n) is 5.15. The second-order valence-electron chi connectivity index (χ2n) is 9.80. The Morgan fingerprint density at radius 3 is 2.50 bits per heavy atom. The number of urea groups is 1. The molecule has 1 aromatic heterocycles. The van der Waals surface area contributed by atoms with Crippen molar-refractivity contribution in [3.05, 3.63) is 54.0 Å². The third-order valence-corrected chi connectivity index (χ3v) is 7.23. The molecule has 10 nitrogen and oxygen atoms in total. The van der Waals surface area contributed by atoms with Crippen LogP contribution in [0.2, 0.25) is 0 Å². The van der Waals surface area contributed by atoms with Crippen LogP contribution in [0.15, 0.2) is 47.1 Å². The van der Waals surface area contributed by atoms with E-state index in [2.05, 4.69) is 10.6 Å². The van der Waals surface area contributed by atoms with Crippen LogP contribution in [0.1, 0.15) is 56.3 Å². The summed E-state index contributed by atoms with van der Waals surface area (Å²) in [6.07, 6.45) is 6.20. The van der Waals surface area contributed by atoms with Crippen LogP contribution < -0.4 is 15.4 Å². The van der Waals surface area contributed by atoms with Crippen LogP contribution in [0.25, 0.3) is 0 Å². The van der Waals surface area contributed by atoms with E-state index in [0.29, 0.717) is 44.5 Å². The molecule has 2 unspecified atom stereocenters. The number of hydrogen-bond donors (Lipinski definition) is 2. The average Bonchev–Trinajstić information content (AvgIpc) is 3.47. The predicted molar refractivity (Wildman–Crippen MR) is 139 cm³/mol. The van der Waals surface area contributed by atoms with Crippen molar-refractivity contribution in [3.63, 3.8) is 0 Å². The first-order chi connectivity index (χ1) is 18.5. The van der Waals surface area contributed by atoms with Gasteiger partial charge in [0.2, 0.25) is 17.7 Å². The second kappa shape index (κ2) is 13.1. The summed E-state index contributed by atoms with van der Waals surface area (Å²) < 4.78 is 10.4. The van der Waals surface area contributed by atoms with Crippen molar-refractivity contribution in [2.24, 2.45) is 5.92 Å². The van der Waals surface area contributed by atoms with E-state index in [1.165, 1.54) is 4.90 Å². The Morgan fingerprint density at radius 2 is 1.76 bits per heavy atom. The largest absolute Gasteiger partial charge is 0.497 e. The summed E-state index contributed by atoms with van der Waals surface area (Å²) in [6, 6.07) is 10.3. The molecular formula is C28H36N4O6. The maximum atomic E-state index is 13.4. The topological polar surface area (TPSA) is 121 Å². The Bertz CT molecular complexity index is 1100. The Balaban J connectivity index is 1.29. The lowest BCUT2D eigenvalue weighted by molar-refractivity contribution is -0.142. The van der Waals surface area contributed by atoms with E-state index >= 15 is 0 Å². The molecule has 1 saturated carbocycles. The first-order valence-electron chi connectivity index (χ1n) is 13.3. The van der Waals surface area contributed by atoms with Crippen molar-refractivity contribution in [2.45, 2.75) is 64.1 Å². The number of hydrogen-bond acceptors (Lipinski definition) is 6. The molecule has 38 heavy (non-hydrogen) atoms. The van der Waals surface area contributed by atoms with Gasteiger partial charge in [0.1, 0.15) is 18.1 Å². The van der Waals surface area contributed by atoms with Gasteiger partial charge in [0.25, 0.3) is 0 Å². The Kier molecular flexibility index (Phi) is 9.40. The number of rotatable bonds is 12. The average molecular weight is 525 g/mol. The lowest BCUT2D eigenvalue weighted by atomic mass is 9.81. The number of nitrogens with zero attached hydrogens (tertiary/aromatic N) is 2. The lowest BCUT2D eigenvalue weighted by Gasteiger charge is -2.46. The highest BCUT2D eigenvalue weighted by molar-refractivity contribution is 6.00. The summed E-state index contributed by atoms with van der Waals surface area (Å²) >= 11 is 0. The normalized spacial score (nSPS) is 19.2. The van der Waals surface area contributed by atoms with Crippen molar-refractivity contribution in [1.29, 1.82) is 0 Å². The third-order valence-electron chi connectivity index (χ3n) is 7.23. The molecule has 1 saturated heterocycles. The standard InChI is InChI=1S/C28H36N4O6/c1-37-21-13-11-20(12-14-21)17-29-26(34)19-32-24-9-3-2-8-23(24)27(35)31(28(32)36)15-5-4-10-25(33)30-18-22-7-6-16-38-22/h6-7,11-14,16,23-24H,2-5,8-10,15,17-19H2,1H3,(H,29,34)(H,30,33). The maximum absolute atomic E-state index is 13.4. The van der Waals surface area contributed by atoms with Crippen LogP contribution in [0, 0.1) is 5.92 Å². The summed E-state index contributed by atoms with van der Waals surface area (Å²) in [4.78, 5) is 54.4. The summed E-state index contributed by atoms with van der Waals surface area (Å²) in [5.41, 5.74) is 0.921. The van der Waals surface area contributed by atoms with Gasteiger partial charge in [-0.05, 0) is 55.5 Å². The molecule has 0 spiro atoms. The minimum atomic E-state index is -0.417. The van der Waals surface area contributed by atoms with Crippen molar-refractivity contribution >= 4 is 23.8 Å². The Hall–Kier alpha value is -3.82. The number of ether oxygens (including phenoxy) is 1. The van der Waals surface area contributed by atoms with Crippen molar-refractivity contribution < 1.29 is 28.3 Å². The number of amides is 5. The number of nitrogens with one attached hydrogen (secondary N) is 2. The zero-order valence-electron chi connectivity index (χ0n) is 21.8. The molecular weight excluding hydrogens is 488 g/mol. The number of fused-ring (bicyclic) bond motifs is 1. The summed E-state index contributed by atoms with van der Waals surface area (Å²) in [6.45, 7) is 0.808. The number of carbonyl (C=O) groups is 4. The third kappa shape index (κ3) is 6.93. The smallest absolute Gasteiger partial charge is 0.327 e. The van der Waals surface area contributed by atoms with Crippen molar-refractivity contribution in [1.82, 2.24) is 20.4 Å². The van der Waals surface area contributed by atoms with Gasteiger partial charge >= 0.3 is 6.03 Å². The van der Waals surface area contributed by atoms with Crippen molar-refractivity contribution in [3.8, 4) is 5.75 Å². The molecule has 2 aromatic rings. The molecule has 1 aliphatic heterocycles. The van der Waals surface area contributed by atoms with Gasteiger partial charge in [0, 0.05) is 25.6 Å². The minimum absolute atomic E-state index is 0.0882. The van der Waals surface area contributed by atoms with Gasteiger partial charge in [0.15, 0.2) is 0 Å². The first kappa shape index (κ1) is 27.2. The van der Waals surface area contributed by atoms with E-state index < -0.39 is 6.03 Å². The predicted octanol–water partition coefficient (Wildman–Crippen LogP) is 3.21. The number of carbonyl (C=O) groups excluding carboxylic acids is 4. The van der Waals surface area contributed by atoms with Gasteiger partial charge in [-0.15, -0.1) is 0 Å². The lowest BCUT2D eigenvalue weighted by Crippen LogP contribution is -2.63. The van der Waals surface area contributed by atoms with Crippen molar-refractivity contribution in [2.75, 3.05) is 20.2 Å². The molecule has 2 fully saturated rings. The van der Waals surface area contributed by atoms with Gasteiger partial charge < -0.3 is 24.7 Å². The molecule has 4 rings (SSSR count). The first-order valence-corrected chi connectivity index (χ1v) is 13.3. The van der Waals surface area contributed by atoms with Crippen LogP contribution in [0.5, 0.6) is 5.75 Å². The molecule has 2 aliphatic rings. The Labute approximate surface area is 222 Å². The Morgan fingerprint density at radius 1 is 1.00 bits per heavy atom. The van der Waals surface area contributed by atoms with Gasteiger partial charge in [-0.2, -0.15) is 0 Å². The van der Waals surface area contributed by atoms with Crippen LogP contribution in [0.4, 0.5) is 4.79 Å². The fraction of sp³-hybridized carbons (Fsp3) is 0.500. The van der Waals surface area contributed by atoms with Gasteiger partial charge in [-0.3, -0.25) is 19.3 Å². The fourth-order valence-corrected chi connectivity index (χ4v) is 5.15. The van der Waals surface area contributed by atoms with Crippen LogP contribution >= 0.6 is 0 Å². The SMILES string of the molecule is COc1ccc(CNC(=O)CN2C(=O)N(CCCCC(=O)NCc3ccco3)C(=O)C3CCCCC32)cc1. The maximum Gasteiger partial charge on any atom is 0.327 e. The number of unbranched alkanes of at least 4 members (excludes halogenated alkanes) is 1. The zero-order chi connectivity index (χ0) is 26.9. The van der Waals surface area contributed by atoms with E-state index in [0.717, 1.165) is 30.6 Å². The number of benzene rings is 1. The van der Waals surface area contributed by atoms with Gasteiger partial charge in [-0.25, -0.2) is 4.79 Å². The van der Waals surface area contributed by atoms with E-state index in [9.17, 15) is 19.2 Å². The minimum Gasteiger partial charge on any atom is -0.497 e. The molecule has 2 heterocycles. The van der Waals surface area contributed by atoms with Crippen LogP contribution in [-0.4, -0.2) is 59.8 Å². The summed E-state index contributed by atoms with van der Waals surface area (Å²) in [5.74, 6) is 0.602. The number of furan rings is 1. The highest BCUT2D eigenvalue weighted by Gasteiger charge is 2.47. The number of imide groups is 1. The molecule has 1 aliphatic carbocycles. The molecule has 2 atom stereocenters. The molecule has 1 aromatic carbocycles.